The first kappa shape index (κ1) is 40.4. The second-order valence-corrected chi connectivity index (χ2v) is 22.4. The predicted molar refractivity (Wildman–Crippen MR) is 236 cm³/mol. The van der Waals surface area contributed by atoms with Crippen LogP contribution in [-0.2, 0) is 10.0 Å². The number of piperazine rings is 1. The third-order valence-corrected chi connectivity index (χ3v) is 16.6. The van der Waals surface area contributed by atoms with Crippen molar-refractivity contribution in [1.82, 2.24) is 19.6 Å². The van der Waals surface area contributed by atoms with Crippen LogP contribution in [0.1, 0.15) is 94.8 Å². The van der Waals surface area contributed by atoms with Crippen molar-refractivity contribution < 1.29 is 22.9 Å². The van der Waals surface area contributed by atoms with Gasteiger partial charge in [-0.1, -0.05) is 31.4 Å². The molecule has 1 saturated heterocycles. The number of aromatic amines is 1. The summed E-state index contributed by atoms with van der Waals surface area (Å²) in [5.41, 5.74) is 5.82. The van der Waals surface area contributed by atoms with E-state index in [-0.39, 0.29) is 32.5 Å². The minimum atomic E-state index is -4.52. The quantitative estimate of drug-likeness (QED) is 0.0511. The number of nitrogens with one attached hydrogen (secondary N) is 3. The van der Waals surface area contributed by atoms with Crippen LogP contribution in [0.15, 0.2) is 77.0 Å². The maximum Gasteiger partial charge on any atom is 0.293 e. The van der Waals surface area contributed by atoms with Gasteiger partial charge >= 0.3 is 0 Å². The molecule has 6 aliphatic carbocycles. The summed E-state index contributed by atoms with van der Waals surface area (Å²) in [5.74, 6) is 0.0382. The summed E-state index contributed by atoms with van der Waals surface area (Å²) < 4.78 is 35.9. The van der Waals surface area contributed by atoms with E-state index in [0.717, 1.165) is 94.8 Å². The molecule has 2 bridgehead atoms. The fraction of sp³-hybridized carbons (Fsp3) is 0.522. The number of H-pyrrole nitrogens is 1. The Bertz CT molecular complexity index is 2550. The average Bonchev–Trinajstić information content (AvgIpc) is 3.64. The molecule has 0 unspecified atom stereocenters. The number of fused-ring (bicyclic) bond motifs is 1. The number of benzene rings is 2. The number of pyridine rings is 1. The number of carbonyl (C=O) groups is 1. The third-order valence-electron chi connectivity index (χ3n) is 14.9. The standard InChI is InChI=1S/C46H54ClN7O6S/c1-43(2)12-8-32(37(23-43)45-27-46(47,28-45)29-45)26-52-14-16-53(17-15-52)33-4-6-36(40(19-33)60-34-18-31-9-13-48-41(31)50-25-34)42(55)51-61(58,59)35-5-7-38(39(20-35)54(56)57)49-24-30-21-44(22-30)10-3-11-44/h4-7,9,13,18-20,25,30,49H,3,8,10-12,14-17,21-24,26-29H2,1-2H3,(H,48,50)(H,51,55). The van der Waals surface area contributed by atoms with Gasteiger partial charge in [0.1, 0.15) is 22.8 Å². The molecule has 2 aromatic carbocycles. The molecule has 1 aliphatic heterocycles. The largest absolute Gasteiger partial charge is 0.455 e. The first-order chi connectivity index (χ1) is 29.1. The van der Waals surface area contributed by atoms with Crippen LogP contribution >= 0.6 is 11.6 Å². The minimum Gasteiger partial charge on any atom is -0.455 e. The van der Waals surface area contributed by atoms with Gasteiger partial charge in [-0.05, 0) is 123 Å². The molecule has 3 N–H and O–H groups in total. The van der Waals surface area contributed by atoms with Crippen molar-refractivity contribution in [3.8, 4) is 11.5 Å². The number of carbonyl (C=O) groups excluding carboxylic acids is 1. The van der Waals surface area contributed by atoms with Crippen LogP contribution in [0.4, 0.5) is 17.1 Å². The number of hydrogen-bond donors (Lipinski definition) is 3. The van der Waals surface area contributed by atoms with E-state index in [1.165, 1.54) is 37.8 Å². The molecule has 6 fully saturated rings. The lowest BCUT2D eigenvalue weighted by molar-refractivity contribution is -0.384. The van der Waals surface area contributed by atoms with Crippen molar-refractivity contribution in [2.45, 2.75) is 94.2 Å². The molecule has 1 amide bonds. The number of hydrogen-bond acceptors (Lipinski definition) is 10. The van der Waals surface area contributed by atoms with Gasteiger partial charge in [0.2, 0.25) is 0 Å². The summed E-state index contributed by atoms with van der Waals surface area (Å²) in [6.07, 6.45) is 16.2. The monoisotopic (exact) mass is 867 g/mol. The molecule has 4 aromatic rings. The Balaban J connectivity index is 0.852. The van der Waals surface area contributed by atoms with Crippen LogP contribution in [0, 0.1) is 32.3 Å². The molecule has 322 valence electrons. The van der Waals surface area contributed by atoms with E-state index in [0.29, 0.717) is 40.1 Å². The second kappa shape index (κ2) is 14.7. The van der Waals surface area contributed by atoms with E-state index in [9.17, 15) is 23.3 Å². The maximum absolute atomic E-state index is 13.9. The lowest BCUT2D eigenvalue weighted by Crippen LogP contribution is -2.65. The average molecular weight is 869 g/mol. The number of allylic oxidation sites excluding steroid dienone is 1. The Morgan fingerprint density at radius 3 is 2.51 bits per heavy atom. The number of ether oxygens (including phenoxy) is 1. The van der Waals surface area contributed by atoms with Crippen molar-refractivity contribution in [2.75, 3.05) is 49.5 Å². The van der Waals surface area contributed by atoms with Gasteiger partial charge in [-0.15, -0.1) is 11.6 Å². The molecule has 0 atom stereocenters. The van der Waals surface area contributed by atoms with Gasteiger partial charge in [0, 0.05) is 73.5 Å². The molecule has 15 heteroatoms. The molecule has 5 saturated carbocycles. The predicted octanol–water partition coefficient (Wildman–Crippen LogP) is 9.16. The zero-order valence-corrected chi connectivity index (χ0v) is 36.5. The number of alkyl halides is 1. The van der Waals surface area contributed by atoms with E-state index in [4.69, 9.17) is 16.3 Å². The SMILES string of the molecule is CC1(C)CCC(CN2CCN(c3ccc(C(=O)NS(=O)(=O)c4ccc(NCC5CC6(CCC6)C5)c([N+](=O)[O-])c4)c(Oc4cnc5[nH]ccc5c4)c3)CC2)=C(C23CC(Cl)(C2)C3)C1. The first-order valence-electron chi connectivity index (χ1n) is 21.8. The van der Waals surface area contributed by atoms with Crippen LogP contribution in [0.3, 0.4) is 0 Å². The Morgan fingerprint density at radius 1 is 1.03 bits per heavy atom. The van der Waals surface area contributed by atoms with E-state index < -0.39 is 20.9 Å². The van der Waals surface area contributed by atoms with Gasteiger partial charge < -0.3 is 19.9 Å². The highest BCUT2D eigenvalue weighted by Gasteiger charge is 2.69. The molecule has 11 rings (SSSR count). The summed E-state index contributed by atoms with van der Waals surface area (Å²) in [5, 5.41) is 16.1. The zero-order valence-electron chi connectivity index (χ0n) is 34.9. The molecule has 61 heavy (non-hydrogen) atoms. The van der Waals surface area contributed by atoms with E-state index in [1.807, 2.05) is 12.1 Å². The van der Waals surface area contributed by atoms with Crippen LogP contribution in [0.25, 0.3) is 11.0 Å². The Morgan fingerprint density at radius 2 is 1.80 bits per heavy atom. The minimum absolute atomic E-state index is 0.00957. The number of halogens is 1. The number of nitro groups is 1. The fourth-order valence-corrected chi connectivity index (χ4v) is 13.2. The van der Waals surface area contributed by atoms with Crippen molar-refractivity contribution in [3.05, 3.63) is 87.7 Å². The Kier molecular flexibility index (Phi) is 9.76. The van der Waals surface area contributed by atoms with Gasteiger partial charge in [-0.25, -0.2) is 18.1 Å². The normalized spacial score (nSPS) is 25.6. The number of anilines is 2. The highest BCUT2D eigenvalue weighted by atomic mass is 35.5. The van der Waals surface area contributed by atoms with Crippen LogP contribution in [-0.4, -0.2) is 78.3 Å². The van der Waals surface area contributed by atoms with Crippen molar-refractivity contribution in [2.24, 2.45) is 22.2 Å². The number of nitrogens with zero attached hydrogens (tertiary/aromatic N) is 4. The van der Waals surface area contributed by atoms with Crippen molar-refractivity contribution >= 4 is 55.6 Å². The highest BCUT2D eigenvalue weighted by Crippen LogP contribution is 2.75. The van der Waals surface area contributed by atoms with Crippen LogP contribution in [0.2, 0.25) is 0 Å². The van der Waals surface area contributed by atoms with Crippen LogP contribution in [0.5, 0.6) is 11.5 Å². The lowest BCUT2D eigenvalue weighted by atomic mass is 9.39. The Labute approximate surface area is 361 Å². The molecule has 3 heterocycles. The number of sulfonamides is 1. The third kappa shape index (κ3) is 7.66. The van der Waals surface area contributed by atoms with E-state index in [2.05, 4.69) is 43.7 Å². The summed E-state index contributed by atoms with van der Waals surface area (Å²) in [7, 11) is -4.52. The smallest absolute Gasteiger partial charge is 0.293 e. The summed E-state index contributed by atoms with van der Waals surface area (Å²) in [6, 6.07) is 12.5. The topological polar surface area (TPSA) is 163 Å². The fourth-order valence-electron chi connectivity index (χ4n) is 11.4. The lowest BCUT2D eigenvalue weighted by Gasteiger charge is -2.70. The highest BCUT2D eigenvalue weighted by molar-refractivity contribution is 7.90. The van der Waals surface area contributed by atoms with Gasteiger partial charge in [0.15, 0.2) is 0 Å². The summed E-state index contributed by atoms with van der Waals surface area (Å²) >= 11 is 6.75. The van der Waals surface area contributed by atoms with Gasteiger partial charge in [0.25, 0.3) is 21.6 Å². The number of rotatable bonds is 13. The summed E-state index contributed by atoms with van der Waals surface area (Å²) in [6.45, 7) is 9.65. The number of amides is 1. The second-order valence-electron chi connectivity index (χ2n) is 19.9. The number of aromatic nitrogens is 2. The molecular formula is C46H54ClN7O6S. The summed E-state index contributed by atoms with van der Waals surface area (Å²) in [4.78, 5) is 37.4. The van der Waals surface area contributed by atoms with E-state index in [1.54, 1.807) is 41.7 Å². The molecule has 2 aromatic heterocycles. The van der Waals surface area contributed by atoms with Gasteiger partial charge in [0.05, 0.1) is 21.6 Å². The molecule has 1 spiro atoms. The Hall–Kier alpha value is -4.66. The van der Waals surface area contributed by atoms with Crippen LogP contribution < -0.4 is 19.7 Å². The molecule has 13 nitrogen and oxygen atoms in total. The van der Waals surface area contributed by atoms with Crippen molar-refractivity contribution in [1.29, 1.82) is 0 Å². The van der Waals surface area contributed by atoms with Crippen molar-refractivity contribution in [3.63, 3.8) is 0 Å². The van der Waals surface area contributed by atoms with Gasteiger partial charge in [-0.2, -0.15) is 0 Å². The molecular weight excluding hydrogens is 814 g/mol. The molecule has 7 aliphatic rings. The molecule has 0 radical (unpaired) electrons. The maximum atomic E-state index is 13.9. The number of nitro benzene ring substituents is 1. The zero-order chi connectivity index (χ0) is 42.4. The van der Waals surface area contributed by atoms with Gasteiger partial charge in [-0.3, -0.25) is 19.8 Å². The first-order valence-corrected chi connectivity index (χ1v) is 23.7. The van der Waals surface area contributed by atoms with E-state index >= 15 is 0 Å².